The molecule has 0 atom stereocenters. The minimum Gasteiger partial charge on any atom is -0.449 e. The van der Waals surface area contributed by atoms with Crippen molar-refractivity contribution < 1.29 is 9.47 Å². The van der Waals surface area contributed by atoms with Gasteiger partial charge in [0, 0.05) is 22.7 Å². The Morgan fingerprint density at radius 1 is 0.543 bits per heavy atom. The zero-order valence-electron chi connectivity index (χ0n) is 19.6. The predicted octanol–water partition coefficient (Wildman–Crippen LogP) is 8.62. The molecule has 0 bridgehead atoms. The van der Waals surface area contributed by atoms with Crippen LogP contribution in [0, 0.1) is 0 Å². The molecule has 0 amide bonds. The van der Waals surface area contributed by atoms with Crippen molar-refractivity contribution in [1.29, 1.82) is 0 Å². The fourth-order valence-electron chi connectivity index (χ4n) is 5.47. The highest BCUT2D eigenvalue weighted by molar-refractivity contribution is 5.88. The van der Waals surface area contributed by atoms with E-state index in [9.17, 15) is 0 Å². The zero-order valence-corrected chi connectivity index (χ0v) is 19.6. The lowest BCUT2D eigenvalue weighted by molar-refractivity contribution is 0.360. The van der Waals surface area contributed by atoms with Crippen molar-refractivity contribution >= 4 is 0 Å². The van der Waals surface area contributed by atoms with E-state index in [0.29, 0.717) is 0 Å². The van der Waals surface area contributed by atoms with Crippen LogP contribution in [0.4, 0.5) is 0 Å². The van der Waals surface area contributed by atoms with Gasteiger partial charge in [-0.3, -0.25) is 4.98 Å². The monoisotopic (exact) mass is 453 g/mol. The third kappa shape index (κ3) is 2.95. The maximum atomic E-state index is 6.62. The molecule has 1 aliphatic carbocycles. The Labute approximate surface area is 204 Å². The minimum atomic E-state index is -0.0892. The van der Waals surface area contributed by atoms with E-state index >= 15 is 0 Å². The van der Waals surface area contributed by atoms with Crippen molar-refractivity contribution in [2.75, 3.05) is 0 Å². The second-order valence-electron chi connectivity index (χ2n) is 9.61. The summed E-state index contributed by atoms with van der Waals surface area (Å²) in [6, 6.07) is 33.3. The Morgan fingerprint density at radius 2 is 1.26 bits per heavy atom. The van der Waals surface area contributed by atoms with Crippen molar-refractivity contribution in [3.8, 4) is 56.5 Å². The van der Waals surface area contributed by atoms with Gasteiger partial charge in [-0.1, -0.05) is 80.6 Å². The van der Waals surface area contributed by atoms with Crippen molar-refractivity contribution in [3.63, 3.8) is 0 Å². The first-order chi connectivity index (χ1) is 17.1. The summed E-state index contributed by atoms with van der Waals surface area (Å²) in [7, 11) is 0. The van der Waals surface area contributed by atoms with Crippen molar-refractivity contribution in [2.24, 2.45) is 0 Å². The standard InChI is InChI=1S/C32H23NO2/c1-32(2)25-14-6-5-11-21(25)24-18-29-30(19-26(24)32)34-28-16-9-13-23(31(28)35-29)20-10-3-4-12-22(20)27-15-7-8-17-33-27/h3-19H,1-2H3. The Morgan fingerprint density at radius 3 is 2.09 bits per heavy atom. The minimum absolute atomic E-state index is 0.0892. The second-order valence-corrected chi connectivity index (χ2v) is 9.61. The molecular formula is C32H23NO2. The molecule has 0 radical (unpaired) electrons. The van der Waals surface area contributed by atoms with Gasteiger partial charge in [0.2, 0.25) is 0 Å². The maximum Gasteiger partial charge on any atom is 0.177 e. The quantitative estimate of drug-likeness (QED) is 0.263. The molecule has 0 fully saturated rings. The van der Waals surface area contributed by atoms with Crippen LogP contribution >= 0.6 is 0 Å². The van der Waals surface area contributed by atoms with Gasteiger partial charge in [-0.25, -0.2) is 0 Å². The number of fused-ring (bicyclic) bond motifs is 5. The van der Waals surface area contributed by atoms with Crippen LogP contribution in [0.25, 0.3) is 33.5 Å². The summed E-state index contributed by atoms with van der Waals surface area (Å²) in [6.45, 7) is 4.54. The molecule has 4 aromatic carbocycles. The van der Waals surface area contributed by atoms with Gasteiger partial charge < -0.3 is 9.47 Å². The van der Waals surface area contributed by atoms with Crippen molar-refractivity contribution in [3.05, 3.63) is 114 Å². The molecule has 0 unspecified atom stereocenters. The predicted molar refractivity (Wildman–Crippen MR) is 139 cm³/mol. The number of benzene rings is 4. The number of aromatic nitrogens is 1. The first kappa shape index (κ1) is 20.0. The highest BCUT2D eigenvalue weighted by Gasteiger charge is 2.37. The van der Waals surface area contributed by atoms with E-state index in [-0.39, 0.29) is 5.41 Å². The summed E-state index contributed by atoms with van der Waals surface area (Å²) < 4.78 is 13.1. The van der Waals surface area contributed by atoms with Gasteiger partial charge in [0.1, 0.15) is 0 Å². The van der Waals surface area contributed by atoms with Crippen LogP contribution in [0.5, 0.6) is 23.0 Å². The fraction of sp³-hybridized carbons (Fsp3) is 0.0938. The molecule has 7 rings (SSSR count). The lowest BCUT2D eigenvalue weighted by Gasteiger charge is -2.26. The molecule has 168 valence electrons. The van der Waals surface area contributed by atoms with Gasteiger partial charge in [-0.2, -0.15) is 0 Å². The molecule has 1 aromatic heterocycles. The molecule has 35 heavy (non-hydrogen) atoms. The average molecular weight is 454 g/mol. The van der Waals surface area contributed by atoms with E-state index in [2.05, 4.69) is 73.4 Å². The summed E-state index contributed by atoms with van der Waals surface area (Å²) in [6.07, 6.45) is 1.82. The number of hydrogen-bond donors (Lipinski definition) is 0. The summed E-state index contributed by atoms with van der Waals surface area (Å²) in [5.41, 5.74) is 9.00. The number of ether oxygens (including phenoxy) is 2. The van der Waals surface area contributed by atoms with Crippen molar-refractivity contribution in [1.82, 2.24) is 4.98 Å². The van der Waals surface area contributed by atoms with E-state index in [1.165, 1.54) is 22.3 Å². The molecule has 2 aliphatic rings. The largest absolute Gasteiger partial charge is 0.449 e. The SMILES string of the molecule is CC1(C)c2ccccc2-c2cc3c(cc21)Oc1cccc(-c2ccccc2-c2ccccn2)c1O3. The Hall–Kier alpha value is -4.37. The van der Waals surface area contributed by atoms with Gasteiger partial charge >= 0.3 is 0 Å². The Bertz CT molecular complexity index is 1620. The van der Waals surface area contributed by atoms with Gasteiger partial charge in [-0.05, 0) is 58.1 Å². The van der Waals surface area contributed by atoms with E-state index in [4.69, 9.17) is 9.47 Å². The van der Waals surface area contributed by atoms with Crippen LogP contribution in [0.3, 0.4) is 0 Å². The van der Waals surface area contributed by atoms with E-state index < -0.39 is 0 Å². The lowest BCUT2D eigenvalue weighted by atomic mass is 9.82. The number of pyridine rings is 1. The fourth-order valence-corrected chi connectivity index (χ4v) is 5.47. The van der Waals surface area contributed by atoms with Crippen LogP contribution in [0.1, 0.15) is 25.0 Å². The topological polar surface area (TPSA) is 31.4 Å². The van der Waals surface area contributed by atoms with Crippen LogP contribution in [0.2, 0.25) is 0 Å². The van der Waals surface area contributed by atoms with E-state index in [1.54, 1.807) is 0 Å². The molecule has 3 nitrogen and oxygen atoms in total. The van der Waals surface area contributed by atoms with Crippen molar-refractivity contribution in [2.45, 2.75) is 19.3 Å². The normalized spacial score (nSPS) is 14.1. The summed E-state index contributed by atoms with van der Waals surface area (Å²) >= 11 is 0. The molecule has 0 spiro atoms. The number of nitrogens with zero attached hydrogens (tertiary/aromatic N) is 1. The number of para-hydroxylation sites is 1. The summed E-state index contributed by atoms with van der Waals surface area (Å²) in [5.74, 6) is 2.95. The molecule has 1 aliphatic heterocycles. The van der Waals surface area contributed by atoms with Gasteiger partial charge in [0.25, 0.3) is 0 Å². The maximum absolute atomic E-state index is 6.62. The highest BCUT2D eigenvalue weighted by Crippen LogP contribution is 2.56. The van der Waals surface area contributed by atoms with E-state index in [1.807, 2.05) is 48.7 Å². The molecule has 5 aromatic rings. The molecule has 3 heteroatoms. The third-order valence-corrected chi connectivity index (χ3v) is 7.22. The van der Waals surface area contributed by atoms with Gasteiger partial charge in [0.15, 0.2) is 23.0 Å². The summed E-state index contributed by atoms with van der Waals surface area (Å²) in [4.78, 5) is 4.59. The Kier molecular flexibility index (Phi) is 4.19. The van der Waals surface area contributed by atoms with Crippen LogP contribution in [-0.4, -0.2) is 4.98 Å². The Balaban J connectivity index is 1.38. The lowest BCUT2D eigenvalue weighted by Crippen LogP contribution is -2.15. The molecular weight excluding hydrogens is 430 g/mol. The highest BCUT2D eigenvalue weighted by atomic mass is 16.6. The first-order valence-electron chi connectivity index (χ1n) is 11.9. The molecule has 2 heterocycles. The molecule has 0 saturated heterocycles. The number of hydrogen-bond acceptors (Lipinski definition) is 3. The first-order valence-corrected chi connectivity index (χ1v) is 11.9. The smallest absolute Gasteiger partial charge is 0.177 e. The molecule has 0 saturated carbocycles. The summed E-state index contributed by atoms with van der Waals surface area (Å²) in [5, 5.41) is 0. The van der Waals surface area contributed by atoms with Gasteiger partial charge in [0.05, 0.1) is 5.69 Å². The van der Waals surface area contributed by atoms with Crippen LogP contribution in [-0.2, 0) is 5.41 Å². The van der Waals surface area contributed by atoms with Crippen LogP contribution in [0.15, 0.2) is 103 Å². The number of rotatable bonds is 2. The molecule has 0 N–H and O–H groups in total. The average Bonchev–Trinajstić information content (AvgIpc) is 3.12. The van der Waals surface area contributed by atoms with Gasteiger partial charge in [-0.15, -0.1) is 0 Å². The third-order valence-electron chi connectivity index (χ3n) is 7.22. The van der Waals surface area contributed by atoms with Crippen LogP contribution < -0.4 is 9.47 Å². The zero-order chi connectivity index (χ0) is 23.6. The second kappa shape index (κ2) is 7.31. The van der Waals surface area contributed by atoms with E-state index in [0.717, 1.165) is 45.4 Å².